The maximum atomic E-state index is 12.4. The molecule has 0 aliphatic carbocycles. The number of aliphatic hydroxyl groups is 1. The second-order valence-electron chi connectivity index (χ2n) is 5.61. The molecule has 0 bridgehead atoms. The van der Waals surface area contributed by atoms with Gasteiger partial charge >= 0.3 is 0 Å². The van der Waals surface area contributed by atoms with Crippen molar-refractivity contribution in [2.75, 3.05) is 0 Å². The molecule has 0 unspecified atom stereocenters. The largest absolute Gasteiger partial charge is 0.392 e. The molecule has 3 rings (SSSR count). The van der Waals surface area contributed by atoms with Crippen molar-refractivity contribution in [1.29, 1.82) is 0 Å². The van der Waals surface area contributed by atoms with Crippen LogP contribution in [0.3, 0.4) is 0 Å². The summed E-state index contributed by atoms with van der Waals surface area (Å²) in [6.45, 7) is 2.08. The number of hydrogen-bond donors (Lipinski definition) is 1. The van der Waals surface area contributed by atoms with Crippen molar-refractivity contribution >= 4 is 17.1 Å². The first kappa shape index (κ1) is 15.7. The second kappa shape index (κ2) is 6.90. The average Bonchev–Trinajstić information content (AvgIpc) is 3.05. The molecule has 1 aromatic heterocycles. The van der Waals surface area contributed by atoms with Crippen molar-refractivity contribution in [1.82, 2.24) is 0 Å². The summed E-state index contributed by atoms with van der Waals surface area (Å²) in [4.78, 5) is 14.3. The Kier molecular flexibility index (Phi) is 4.70. The fraction of sp³-hybridized carbons (Fsp3) is 0.150. The third-order valence-electron chi connectivity index (χ3n) is 3.75. The van der Waals surface area contributed by atoms with Crippen molar-refractivity contribution in [3.63, 3.8) is 0 Å². The lowest BCUT2D eigenvalue weighted by Crippen LogP contribution is -2.01. The van der Waals surface area contributed by atoms with Crippen LogP contribution >= 0.6 is 11.3 Å². The third kappa shape index (κ3) is 3.76. The van der Waals surface area contributed by atoms with Crippen molar-refractivity contribution in [2.24, 2.45) is 0 Å². The van der Waals surface area contributed by atoms with Gasteiger partial charge in [0.05, 0.1) is 11.5 Å². The molecule has 0 saturated heterocycles. The minimum Gasteiger partial charge on any atom is -0.392 e. The number of aryl methyl sites for hydroxylation is 1. The summed E-state index contributed by atoms with van der Waals surface area (Å²) >= 11 is 1.52. The zero-order valence-electron chi connectivity index (χ0n) is 13.0. The van der Waals surface area contributed by atoms with Crippen LogP contribution in [-0.2, 0) is 13.0 Å². The lowest BCUT2D eigenvalue weighted by molar-refractivity contribution is 0.0997. The van der Waals surface area contributed by atoms with Crippen LogP contribution in [0.2, 0.25) is 0 Å². The summed E-state index contributed by atoms with van der Waals surface area (Å²) in [6, 6.07) is 19.7. The van der Waals surface area contributed by atoms with Gasteiger partial charge in [-0.2, -0.15) is 0 Å². The lowest BCUT2D eigenvalue weighted by Gasteiger charge is -2.01. The highest BCUT2D eigenvalue weighted by Gasteiger charge is 2.11. The summed E-state index contributed by atoms with van der Waals surface area (Å²) in [7, 11) is 0. The van der Waals surface area contributed by atoms with E-state index < -0.39 is 0 Å². The lowest BCUT2D eigenvalue weighted by atomic mass is 10.1. The normalized spacial score (nSPS) is 10.7. The van der Waals surface area contributed by atoms with Crippen LogP contribution in [0.25, 0.3) is 10.4 Å². The molecule has 3 heteroatoms. The summed E-state index contributed by atoms with van der Waals surface area (Å²) < 4.78 is 0. The first-order chi connectivity index (χ1) is 11.2. The monoisotopic (exact) mass is 322 g/mol. The van der Waals surface area contributed by atoms with Gasteiger partial charge in [-0.3, -0.25) is 4.79 Å². The van der Waals surface area contributed by atoms with E-state index >= 15 is 0 Å². The molecule has 1 N–H and O–H groups in total. The number of hydrogen-bond acceptors (Lipinski definition) is 3. The van der Waals surface area contributed by atoms with Gasteiger partial charge < -0.3 is 5.11 Å². The van der Waals surface area contributed by atoms with E-state index in [-0.39, 0.29) is 12.4 Å². The maximum Gasteiger partial charge on any atom is 0.177 e. The molecule has 0 aliphatic rings. The smallest absolute Gasteiger partial charge is 0.177 e. The first-order valence-corrected chi connectivity index (χ1v) is 8.36. The van der Waals surface area contributed by atoms with E-state index in [1.54, 1.807) is 0 Å². The molecule has 116 valence electrons. The Hall–Kier alpha value is -2.23. The number of Topliss-reactive ketones (excluding diaryl/α,β-unsaturated/α-hetero) is 1. The summed E-state index contributed by atoms with van der Waals surface area (Å²) in [6.07, 6.45) is 0.436. The minimum atomic E-state index is 0.0466. The molecule has 1 heterocycles. The van der Waals surface area contributed by atoms with Gasteiger partial charge in [0, 0.05) is 11.3 Å². The van der Waals surface area contributed by atoms with Crippen LogP contribution in [0, 0.1) is 6.92 Å². The van der Waals surface area contributed by atoms with E-state index in [4.69, 9.17) is 5.11 Å². The predicted molar refractivity (Wildman–Crippen MR) is 94.9 cm³/mol. The highest BCUT2D eigenvalue weighted by molar-refractivity contribution is 7.17. The quantitative estimate of drug-likeness (QED) is 0.695. The van der Waals surface area contributed by atoms with Crippen LogP contribution in [-0.4, -0.2) is 10.9 Å². The number of carbonyl (C=O) groups excluding carboxylic acids is 1. The number of benzene rings is 2. The maximum absolute atomic E-state index is 12.4. The number of thiophene rings is 1. The Morgan fingerprint density at radius 1 is 1.00 bits per heavy atom. The molecular weight excluding hydrogens is 304 g/mol. The molecule has 0 radical (unpaired) electrons. The number of ketones is 1. The second-order valence-corrected chi connectivity index (χ2v) is 6.69. The van der Waals surface area contributed by atoms with Crippen molar-refractivity contribution in [3.05, 3.63) is 82.2 Å². The van der Waals surface area contributed by atoms with Gasteiger partial charge in [-0.05, 0) is 35.7 Å². The Labute approximate surface area is 140 Å². The Bertz CT molecular complexity index is 816. The van der Waals surface area contributed by atoms with Gasteiger partial charge in [0.15, 0.2) is 5.78 Å². The van der Waals surface area contributed by atoms with Crippen LogP contribution in [0.15, 0.2) is 60.7 Å². The fourth-order valence-electron chi connectivity index (χ4n) is 2.51. The van der Waals surface area contributed by atoms with Gasteiger partial charge in [-0.25, -0.2) is 0 Å². The Morgan fingerprint density at radius 2 is 1.78 bits per heavy atom. The Balaban J connectivity index is 1.76. The van der Waals surface area contributed by atoms with Crippen LogP contribution < -0.4 is 0 Å². The topological polar surface area (TPSA) is 37.3 Å². The fourth-order valence-corrected chi connectivity index (χ4v) is 3.46. The molecule has 3 aromatic rings. The van der Waals surface area contributed by atoms with Crippen LogP contribution in [0.4, 0.5) is 0 Å². The van der Waals surface area contributed by atoms with Gasteiger partial charge in [-0.1, -0.05) is 54.1 Å². The molecule has 0 atom stereocenters. The van der Waals surface area contributed by atoms with Gasteiger partial charge in [0.1, 0.15) is 0 Å². The number of aliphatic hydroxyl groups excluding tert-OH is 1. The van der Waals surface area contributed by atoms with Gasteiger partial charge in [0.25, 0.3) is 0 Å². The molecule has 2 nitrogen and oxygen atoms in total. The highest BCUT2D eigenvalue weighted by Crippen LogP contribution is 2.29. The summed E-state index contributed by atoms with van der Waals surface area (Å²) in [5.74, 6) is 0.152. The number of carbonyl (C=O) groups is 1. The summed E-state index contributed by atoms with van der Waals surface area (Å²) in [5.41, 5.74) is 4.19. The molecular formula is C20H18O2S. The van der Waals surface area contributed by atoms with Crippen molar-refractivity contribution in [2.45, 2.75) is 20.0 Å². The zero-order valence-corrected chi connectivity index (χ0v) is 13.8. The van der Waals surface area contributed by atoms with Crippen molar-refractivity contribution in [3.8, 4) is 10.4 Å². The van der Waals surface area contributed by atoms with E-state index in [0.29, 0.717) is 6.42 Å². The standard InChI is InChI=1S/C20H18O2S/c1-14-3-2-4-16(11-14)12-18(22)20-10-9-19(23-20)17-7-5-15(13-21)6-8-17/h2-11,21H,12-13H2,1H3. The zero-order chi connectivity index (χ0) is 16.2. The predicted octanol–water partition coefficient (Wildman–Crippen LogP) is 4.64. The molecule has 0 spiro atoms. The SMILES string of the molecule is Cc1cccc(CC(=O)c2ccc(-c3ccc(CO)cc3)s2)c1. The van der Waals surface area contributed by atoms with E-state index in [9.17, 15) is 4.79 Å². The highest BCUT2D eigenvalue weighted by atomic mass is 32.1. The third-order valence-corrected chi connectivity index (χ3v) is 4.92. The van der Waals surface area contributed by atoms with E-state index in [2.05, 4.69) is 6.07 Å². The molecule has 0 aliphatic heterocycles. The van der Waals surface area contributed by atoms with E-state index in [0.717, 1.165) is 26.4 Å². The molecule has 2 aromatic carbocycles. The Morgan fingerprint density at radius 3 is 2.48 bits per heavy atom. The molecule has 0 amide bonds. The van der Waals surface area contributed by atoms with E-state index in [1.807, 2.05) is 61.5 Å². The minimum absolute atomic E-state index is 0.0466. The van der Waals surface area contributed by atoms with Crippen LogP contribution in [0.5, 0.6) is 0 Å². The van der Waals surface area contributed by atoms with Gasteiger partial charge in [0.2, 0.25) is 0 Å². The molecule has 23 heavy (non-hydrogen) atoms. The average molecular weight is 322 g/mol. The summed E-state index contributed by atoms with van der Waals surface area (Å²) in [5, 5.41) is 9.09. The number of rotatable bonds is 5. The van der Waals surface area contributed by atoms with Crippen molar-refractivity contribution < 1.29 is 9.90 Å². The van der Waals surface area contributed by atoms with Gasteiger partial charge in [-0.15, -0.1) is 11.3 Å². The molecule has 0 fully saturated rings. The molecule has 0 saturated carbocycles. The van der Waals surface area contributed by atoms with Crippen LogP contribution in [0.1, 0.15) is 26.4 Å². The first-order valence-electron chi connectivity index (χ1n) is 7.54. The van der Waals surface area contributed by atoms with E-state index in [1.165, 1.54) is 16.9 Å².